The molecule has 0 unspecified atom stereocenters. The molecule has 1 N–H and O–H groups in total. The van der Waals surface area contributed by atoms with E-state index in [4.69, 9.17) is 0 Å². The summed E-state index contributed by atoms with van der Waals surface area (Å²) in [5.74, 6) is 0.317. The van der Waals surface area contributed by atoms with Crippen molar-refractivity contribution in [3.05, 3.63) is 36.0 Å². The number of benzene rings is 1. The first-order chi connectivity index (χ1) is 8.83. The molecule has 3 heteroatoms. The fourth-order valence-electron chi connectivity index (χ4n) is 2.62. The number of rotatable bonds is 3. The molecule has 2 aromatic rings. The number of amides is 1. The Labute approximate surface area is 107 Å². The summed E-state index contributed by atoms with van der Waals surface area (Å²) in [6.07, 6.45) is 3.85. The summed E-state index contributed by atoms with van der Waals surface area (Å²) in [5.41, 5.74) is 2.40. The Kier molecular flexibility index (Phi) is 3.05. The van der Waals surface area contributed by atoms with Gasteiger partial charge in [0.15, 0.2) is 0 Å². The Balaban J connectivity index is 1.67. The number of H-pyrrole nitrogens is 1. The number of aromatic amines is 1. The van der Waals surface area contributed by atoms with Gasteiger partial charge in [-0.2, -0.15) is 0 Å². The number of likely N-dealkylation sites (tertiary alicyclic amines) is 1. The number of carbonyl (C=O) groups excluding carboxylic acids is 1. The number of para-hydroxylation sites is 1. The van der Waals surface area contributed by atoms with Crippen LogP contribution in [0.3, 0.4) is 0 Å². The number of piperidine rings is 1. The maximum Gasteiger partial charge on any atom is 0.222 e. The molecule has 1 aromatic heterocycles. The van der Waals surface area contributed by atoms with Gasteiger partial charge in [-0.3, -0.25) is 4.79 Å². The number of hydrogen-bond acceptors (Lipinski definition) is 1. The highest BCUT2D eigenvalue weighted by Crippen LogP contribution is 2.16. The average molecular weight is 242 g/mol. The van der Waals surface area contributed by atoms with Crippen LogP contribution >= 0.6 is 0 Å². The van der Waals surface area contributed by atoms with Crippen molar-refractivity contribution in [3.63, 3.8) is 0 Å². The maximum absolute atomic E-state index is 11.7. The molecule has 1 saturated heterocycles. The van der Waals surface area contributed by atoms with Gasteiger partial charge in [0.1, 0.15) is 0 Å². The summed E-state index contributed by atoms with van der Waals surface area (Å²) in [5, 5.41) is 1.25. The van der Waals surface area contributed by atoms with Crippen molar-refractivity contribution in [3.8, 4) is 0 Å². The highest BCUT2D eigenvalue weighted by Gasteiger charge is 2.17. The SMILES string of the molecule is O=C1CCCCN1CCc1cc2ccccc2[nH]1. The molecule has 1 fully saturated rings. The van der Waals surface area contributed by atoms with Gasteiger partial charge in [0.2, 0.25) is 5.91 Å². The third-order valence-electron chi connectivity index (χ3n) is 3.66. The van der Waals surface area contributed by atoms with Crippen molar-refractivity contribution >= 4 is 16.8 Å². The molecule has 0 atom stereocenters. The minimum atomic E-state index is 0.317. The Morgan fingerprint density at radius 1 is 1.22 bits per heavy atom. The second kappa shape index (κ2) is 4.84. The van der Waals surface area contributed by atoms with Crippen molar-refractivity contribution in [2.45, 2.75) is 25.7 Å². The molecule has 0 bridgehead atoms. The summed E-state index contributed by atoms with van der Waals surface area (Å²) in [6, 6.07) is 10.5. The van der Waals surface area contributed by atoms with Crippen LogP contribution in [0.15, 0.2) is 30.3 Å². The second-order valence-corrected chi connectivity index (χ2v) is 4.97. The molecule has 0 radical (unpaired) electrons. The number of nitrogens with one attached hydrogen (secondary N) is 1. The predicted octanol–water partition coefficient (Wildman–Crippen LogP) is 2.72. The summed E-state index contributed by atoms with van der Waals surface area (Å²) < 4.78 is 0. The van der Waals surface area contributed by atoms with Gasteiger partial charge < -0.3 is 9.88 Å². The Morgan fingerprint density at radius 2 is 2.11 bits per heavy atom. The maximum atomic E-state index is 11.7. The molecule has 1 aliphatic rings. The van der Waals surface area contributed by atoms with Crippen molar-refractivity contribution in [1.82, 2.24) is 9.88 Å². The fraction of sp³-hybridized carbons (Fsp3) is 0.400. The van der Waals surface area contributed by atoms with Gasteiger partial charge in [0.05, 0.1) is 0 Å². The van der Waals surface area contributed by atoms with Crippen molar-refractivity contribution in [1.29, 1.82) is 0 Å². The lowest BCUT2D eigenvalue weighted by atomic mass is 10.1. The monoisotopic (exact) mass is 242 g/mol. The van der Waals surface area contributed by atoms with Gasteiger partial charge in [0, 0.05) is 37.1 Å². The molecule has 1 aromatic carbocycles. The zero-order valence-electron chi connectivity index (χ0n) is 10.5. The number of nitrogens with zero attached hydrogens (tertiary/aromatic N) is 1. The lowest BCUT2D eigenvalue weighted by Crippen LogP contribution is -2.36. The van der Waals surface area contributed by atoms with Crippen LogP contribution in [0.25, 0.3) is 10.9 Å². The van der Waals surface area contributed by atoms with Gasteiger partial charge in [-0.05, 0) is 30.4 Å². The fourth-order valence-corrected chi connectivity index (χ4v) is 2.62. The zero-order chi connectivity index (χ0) is 12.4. The number of aromatic nitrogens is 1. The standard InChI is InChI=1S/C15H18N2O/c18-15-7-3-4-9-17(15)10-8-13-11-12-5-1-2-6-14(12)16-13/h1-2,5-6,11,16H,3-4,7-10H2. The van der Waals surface area contributed by atoms with E-state index in [9.17, 15) is 4.79 Å². The summed E-state index contributed by atoms with van der Waals surface area (Å²) in [7, 11) is 0. The molecule has 0 spiro atoms. The van der Waals surface area contributed by atoms with Crippen LogP contribution in [0.2, 0.25) is 0 Å². The summed E-state index contributed by atoms with van der Waals surface area (Å²) >= 11 is 0. The van der Waals surface area contributed by atoms with Gasteiger partial charge >= 0.3 is 0 Å². The van der Waals surface area contributed by atoms with Crippen LogP contribution in [-0.4, -0.2) is 28.9 Å². The molecule has 0 aliphatic carbocycles. The van der Waals surface area contributed by atoms with E-state index in [1.165, 1.54) is 16.6 Å². The number of hydrogen-bond donors (Lipinski definition) is 1. The molecule has 94 valence electrons. The largest absolute Gasteiger partial charge is 0.358 e. The molecule has 1 amide bonds. The summed E-state index contributed by atoms with van der Waals surface area (Å²) in [4.78, 5) is 17.1. The predicted molar refractivity (Wildman–Crippen MR) is 72.4 cm³/mol. The van der Waals surface area contributed by atoms with Crippen LogP contribution in [0.5, 0.6) is 0 Å². The van der Waals surface area contributed by atoms with E-state index in [-0.39, 0.29) is 0 Å². The molecular weight excluding hydrogens is 224 g/mol. The van der Waals surface area contributed by atoms with Crippen LogP contribution < -0.4 is 0 Å². The first kappa shape index (κ1) is 11.3. The quantitative estimate of drug-likeness (QED) is 0.882. The average Bonchev–Trinajstić information content (AvgIpc) is 2.80. The first-order valence-electron chi connectivity index (χ1n) is 6.67. The van der Waals surface area contributed by atoms with Crippen molar-refractivity contribution in [2.24, 2.45) is 0 Å². The van der Waals surface area contributed by atoms with E-state index in [1.807, 2.05) is 17.0 Å². The molecule has 2 heterocycles. The van der Waals surface area contributed by atoms with Crippen LogP contribution in [0.1, 0.15) is 25.0 Å². The van der Waals surface area contributed by atoms with E-state index in [0.717, 1.165) is 38.8 Å². The lowest BCUT2D eigenvalue weighted by Gasteiger charge is -2.26. The number of carbonyl (C=O) groups is 1. The van der Waals surface area contributed by atoms with Gasteiger partial charge in [-0.1, -0.05) is 18.2 Å². The Morgan fingerprint density at radius 3 is 2.94 bits per heavy atom. The van der Waals surface area contributed by atoms with Crippen LogP contribution in [-0.2, 0) is 11.2 Å². The van der Waals surface area contributed by atoms with Crippen LogP contribution in [0.4, 0.5) is 0 Å². The highest BCUT2D eigenvalue weighted by atomic mass is 16.2. The van der Waals surface area contributed by atoms with Crippen LogP contribution in [0, 0.1) is 0 Å². The number of fused-ring (bicyclic) bond motifs is 1. The minimum absolute atomic E-state index is 0.317. The zero-order valence-corrected chi connectivity index (χ0v) is 10.5. The second-order valence-electron chi connectivity index (χ2n) is 4.97. The van der Waals surface area contributed by atoms with Crippen molar-refractivity contribution in [2.75, 3.05) is 13.1 Å². The van der Waals surface area contributed by atoms with E-state index in [1.54, 1.807) is 0 Å². The van der Waals surface area contributed by atoms with E-state index in [0.29, 0.717) is 5.91 Å². The summed E-state index contributed by atoms with van der Waals surface area (Å²) in [6.45, 7) is 1.77. The molecule has 0 saturated carbocycles. The van der Waals surface area contributed by atoms with E-state index < -0.39 is 0 Å². The van der Waals surface area contributed by atoms with Gasteiger partial charge in [-0.15, -0.1) is 0 Å². The van der Waals surface area contributed by atoms with Gasteiger partial charge in [-0.25, -0.2) is 0 Å². The Hall–Kier alpha value is -1.77. The van der Waals surface area contributed by atoms with E-state index >= 15 is 0 Å². The highest BCUT2D eigenvalue weighted by molar-refractivity contribution is 5.80. The Bertz CT molecular complexity index is 525. The van der Waals surface area contributed by atoms with Crippen molar-refractivity contribution < 1.29 is 4.79 Å². The smallest absolute Gasteiger partial charge is 0.222 e. The molecule has 1 aliphatic heterocycles. The third kappa shape index (κ3) is 2.26. The van der Waals surface area contributed by atoms with E-state index in [2.05, 4.69) is 23.2 Å². The third-order valence-corrected chi connectivity index (χ3v) is 3.66. The van der Waals surface area contributed by atoms with Gasteiger partial charge in [0.25, 0.3) is 0 Å². The molecule has 18 heavy (non-hydrogen) atoms. The molecular formula is C15H18N2O. The molecule has 3 rings (SSSR count). The normalized spacial score (nSPS) is 16.4. The topological polar surface area (TPSA) is 36.1 Å². The minimum Gasteiger partial charge on any atom is -0.358 e. The lowest BCUT2D eigenvalue weighted by molar-refractivity contribution is -0.133. The molecule has 3 nitrogen and oxygen atoms in total. The first-order valence-corrected chi connectivity index (χ1v) is 6.67.